The van der Waals surface area contributed by atoms with Crippen LogP contribution in [0.1, 0.15) is 16.8 Å². The van der Waals surface area contributed by atoms with E-state index in [0.717, 1.165) is 18.8 Å². The quantitative estimate of drug-likeness (QED) is 0.833. The molecule has 0 aliphatic rings. The van der Waals surface area contributed by atoms with E-state index in [1.54, 1.807) is 18.0 Å². The Labute approximate surface area is 107 Å². The molecular weight excluding hydrogens is 228 g/mol. The molecule has 2 rings (SSSR count). The highest BCUT2D eigenvalue weighted by Crippen LogP contribution is 2.09. The summed E-state index contributed by atoms with van der Waals surface area (Å²) in [6.45, 7) is 2.21. The smallest absolute Gasteiger partial charge is 0.0738 e. The summed E-state index contributed by atoms with van der Waals surface area (Å²) >= 11 is 0. The van der Waals surface area contributed by atoms with Gasteiger partial charge in [-0.25, -0.2) is 0 Å². The fourth-order valence-corrected chi connectivity index (χ4v) is 1.82. The molecule has 0 saturated heterocycles. The highest BCUT2D eigenvalue weighted by atomic mass is 16.5. The van der Waals surface area contributed by atoms with Crippen molar-refractivity contribution in [1.82, 2.24) is 20.3 Å². The van der Waals surface area contributed by atoms with Crippen molar-refractivity contribution in [3.63, 3.8) is 0 Å². The van der Waals surface area contributed by atoms with Gasteiger partial charge in [-0.05, 0) is 11.1 Å². The molecule has 0 atom stereocenters. The summed E-state index contributed by atoms with van der Waals surface area (Å²) in [5.41, 5.74) is 3.55. The Balaban J connectivity index is 1.92. The van der Waals surface area contributed by atoms with E-state index in [4.69, 9.17) is 4.74 Å². The number of ether oxygens (including phenoxy) is 1. The van der Waals surface area contributed by atoms with Crippen molar-refractivity contribution < 1.29 is 4.74 Å². The van der Waals surface area contributed by atoms with Gasteiger partial charge >= 0.3 is 0 Å². The van der Waals surface area contributed by atoms with E-state index in [9.17, 15) is 0 Å². The van der Waals surface area contributed by atoms with Crippen LogP contribution in [-0.2, 0) is 31.5 Å². The Hall–Kier alpha value is -1.72. The Bertz CT molecular complexity index is 495. The lowest BCUT2D eigenvalue weighted by Crippen LogP contribution is -2.16. The highest BCUT2D eigenvalue weighted by Gasteiger charge is 2.02. The molecule has 0 aliphatic heterocycles. The average Bonchev–Trinajstić information content (AvgIpc) is 2.78. The Morgan fingerprint density at radius 3 is 2.67 bits per heavy atom. The molecule has 0 unspecified atom stereocenters. The number of hydrogen-bond donors (Lipinski definition) is 1. The predicted octanol–water partition coefficient (Wildman–Crippen LogP) is 1.25. The van der Waals surface area contributed by atoms with E-state index >= 15 is 0 Å². The van der Waals surface area contributed by atoms with Gasteiger partial charge in [-0.1, -0.05) is 29.5 Å². The second-order valence-corrected chi connectivity index (χ2v) is 4.15. The van der Waals surface area contributed by atoms with Gasteiger partial charge in [0, 0.05) is 27.2 Å². The van der Waals surface area contributed by atoms with Crippen LogP contribution in [0.15, 0.2) is 30.5 Å². The Kier molecular flexibility index (Phi) is 4.44. The molecule has 1 N–H and O–H groups in total. The molecule has 0 saturated carbocycles. The molecular formula is C13H18N4O. The van der Waals surface area contributed by atoms with E-state index in [-0.39, 0.29) is 0 Å². The molecule has 1 heterocycles. The van der Waals surface area contributed by atoms with Crippen molar-refractivity contribution in [3.8, 4) is 0 Å². The molecule has 5 nitrogen and oxygen atoms in total. The summed E-state index contributed by atoms with van der Waals surface area (Å²) in [4.78, 5) is 0. The maximum absolute atomic E-state index is 5.19. The molecule has 0 fully saturated rings. The van der Waals surface area contributed by atoms with Gasteiger partial charge in [0.15, 0.2) is 0 Å². The summed E-state index contributed by atoms with van der Waals surface area (Å²) in [7, 11) is 3.61. The first-order chi connectivity index (χ1) is 8.81. The number of rotatable bonds is 6. The van der Waals surface area contributed by atoms with Crippen LogP contribution in [0, 0.1) is 0 Å². The molecule has 96 valence electrons. The molecule has 18 heavy (non-hydrogen) atoms. The van der Waals surface area contributed by atoms with E-state index < -0.39 is 0 Å². The van der Waals surface area contributed by atoms with Crippen molar-refractivity contribution in [2.75, 3.05) is 7.11 Å². The summed E-state index contributed by atoms with van der Waals surface area (Å²) in [5, 5.41) is 11.1. The van der Waals surface area contributed by atoms with Gasteiger partial charge < -0.3 is 10.1 Å². The van der Waals surface area contributed by atoms with Crippen molar-refractivity contribution in [1.29, 1.82) is 0 Å². The average molecular weight is 246 g/mol. The predicted molar refractivity (Wildman–Crippen MR) is 68.7 cm³/mol. The van der Waals surface area contributed by atoms with Crippen LogP contribution in [0.4, 0.5) is 0 Å². The number of methoxy groups -OCH3 is 1. The number of hydrogen-bond acceptors (Lipinski definition) is 4. The van der Waals surface area contributed by atoms with Crippen LogP contribution in [0.5, 0.6) is 0 Å². The van der Waals surface area contributed by atoms with Gasteiger partial charge in [0.2, 0.25) is 0 Å². The van der Waals surface area contributed by atoms with Gasteiger partial charge in [0.1, 0.15) is 0 Å². The number of nitrogens with one attached hydrogen (secondary N) is 1. The number of nitrogens with zero attached hydrogens (tertiary/aromatic N) is 3. The van der Waals surface area contributed by atoms with Crippen LogP contribution < -0.4 is 5.32 Å². The van der Waals surface area contributed by atoms with E-state index in [0.29, 0.717) is 6.61 Å². The largest absolute Gasteiger partial charge is 0.380 e. The summed E-state index contributed by atoms with van der Waals surface area (Å²) in [6, 6.07) is 8.28. The van der Waals surface area contributed by atoms with Crippen LogP contribution in [0.25, 0.3) is 0 Å². The van der Waals surface area contributed by atoms with Crippen molar-refractivity contribution in [2.24, 2.45) is 7.05 Å². The zero-order chi connectivity index (χ0) is 12.8. The SMILES string of the molecule is COCc1ccccc1CNCc1cnnn1C. The van der Waals surface area contributed by atoms with Gasteiger partial charge in [0.05, 0.1) is 18.5 Å². The number of benzene rings is 1. The van der Waals surface area contributed by atoms with E-state index in [1.165, 1.54) is 11.1 Å². The van der Waals surface area contributed by atoms with Crippen LogP contribution >= 0.6 is 0 Å². The molecule has 0 amide bonds. The zero-order valence-electron chi connectivity index (χ0n) is 10.8. The summed E-state index contributed by atoms with van der Waals surface area (Å²) in [6.07, 6.45) is 1.77. The molecule has 1 aromatic heterocycles. The summed E-state index contributed by atoms with van der Waals surface area (Å²) < 4.78 is 6.96. The lowest BCUT2D eigenvalue weighted by atomic mass is 10.1. The van der Waals surface area contributed by atoms with Crippen molar-refractivity contribution in [2.45, 2.75) is 19.7 Å². The van der Waals surface area contributed by atoms with Crippen molar-refractivity contribution >= 4 is 0 Å². The van der Waals surface area contributed by atoms with Gasteiger partial charge in [-0.3, -0.25) is 4.68 Å². The zero-order valence-corrected chi connectivity index (χ0v) is 10.8. The van der Waals surface area contributed by atoms with Gasteiger partial charge in [-0.2, -0.15) is 0 Å². The minimum atomic E-state index is 0.644. The maximum atomic E-state index is 5.19. The van der Waals surface area contributed by atoms with Gasteiger partial charge in [-0.15, -0.1) is 5.10 Å². The minimum Gasteiger partial charge on any atom is -0.380 e. The number of aromatic nitrogens is 3. The van der Waals surface area contributed by atoms with E-state index in [1.807, 2.05) is 19.2 Å². The summed E-state index contributed by atoms with van der Waals surface area (Å²) in [5.74, 6) is 0. The van der Waals surface area contributed by atoms with Crippen molar-refractivity contribution in [3.05, 3.63) is 47.3 Å². The molecule has 0 radical (unpaired) electrons. The first kappa shape index (κ1) is 12.7. The topological polar surface area (TPSA) is 52.0 Å². The Morgan fingerprint density at radius 2 is 2.00 bits per heavy atom. The second-order valence-electron chi connectivity index (χ2n) is 4.15. The fourth-order valence-electron chi connectivity index (χ4n) is 1.82. The van der Waals surface area contributed by atoms with E-state index in [2.05, 4.69) is 27.8 Å². The Morgan fingerprint density at radius 1 is 1.22 bits per heavy atom. The molecule has 0 aliphatic carbocycles. The molecule has 2 aromatic rings. The third-order valence-electron chi connectivity index (χ3n) is 2.85. The third-order valence-corrected chi connectivity index (χ3v) is 2.85. The monoisotopic (exact) mass is 246 g/mol. The maximum Gasteiger partial charge on any atom is 0.0738 e. The highest BCUT2D eigenvalue weighted by molar-refractivity contribution is 5.26. The molecule has 0 bridgehead atoms. The minimum absolute atomic E-state index is 0.644. The lowest BCUT2D eigenvalue weighted by Gasteiger charge is -2.09. The third kappa shape index (κ3) is 3.15. The molecule has 0 spiro atoms. The van der Waals surface area contributed by atoms with Gasteiger partial charge in [0.25, 0.3) is 0 Å². The van der Waals surface area contributed by atoms with Crippen LogP contribution in [0.3, 0.4) is 0 Å². The fraction of sp³-hybridized carbons (Fsp3) is 0.385. The second kappa shape index (κ2) is 6.28. The normalized spacial score (nSPS) is 10.8. The lowest BCUT2D eigenvalue weighted by molar-refractivity contribution is 0.184. The van der Waals surface area contributed by atoms with Crippen LogP contribution in [-0.4, -0.2) is 22.1 Å². The first-order valence-electron chi connectivity index (χ1n) is 5.91. The van der Waals surface area contributed by atoms with Crippen LogP contribution in [0.2, 0.25) is 0 Å². The first-order valence-corrected chi connectivity index (χ1v) is 5.91. The standard InChI is InChI=1S/C13H18N4O/c1-17-13(9-15-16-17)8-14-7-11-5-3-4-6-12(11)10-18-2/h3-6,9,14H,7-8,10H2,1-2H3. The number of aryl methyl sites for hydroxylation is 1. The molecule has 1 aromatic carbocycles. The molecule has 5 heteroatoms.